The second kappa shape index (κ2) is 6.36. The van der Waals surface area contributed by atoms with Gasteiger partial charge in [-0.05, 0) is 40.8 Å². The van der Waals surface area contributed by atoms with Gasteiger partial charge in [0, 0.05) is 18.1 Å². The molecule has 4 heteroatoms. The van der Waals surface area contributed by atoms with Gasteiger partial charge in [0.1, 0.15) is 0 Å². The fourth-order valence-corrected chi connectivity index (χ4v) is 2.60. The Kier molecular flexibility index (Phi) is 5.40. The number of hydrogen-bond donors (Lipinski definition) is 2. The topological polar surface area (TPSA) is 44.4 Å². The molecule has 17 heavy (non-hydrogen) atoms. The molecule has 100 valence electrons. The summed E-state index contributed by atoms with van der Waals surface area (Å²) in [6.07, 6.45) is 5.08. The summed E-state index contributed by atoms with van der Waals surface area (Å²) in [5.74, 6) is 0.0897. The third kappa shape index (κ3) is 4.28. The highest BCUT2D eigenvalue weighted by Crippen LogP contribution is 2.32. The minimum Gasteiger partial charge on any atom is -0.353 e. The summed E-state index contributed by atoms with van der Waals surface area (Å²) in [6, 6.07) is 0.221. The van der Waals surface area contributed by atoms with Crippen molar-refractivity contribution in [3.8, 4) is 0 Å². The van der Waals surface area contributed by atoms with Crippen molar-refractivity contribution in [2.24, 2.45) is 0 Å². The molecule has 1 fully saturated rings. The van der Waals surface area contributed by atoms with E-state index in [4.69, 9.17) is 0 Å². The predicted molar refractivity (Wildman–Crippen MR) is 71.0 cm³/mol. The number of rotatable bonds is 6. The highest BCUT2D eigenvalue weighted by atomic mass is 16.1. The number of nitrogens with one attached hydrogen (secondary N) is 2. The van der Waals surface area contributed by atoms with Gasteiger partial charge in [-0.1, -0.05) is 12.8 Å². The first-order valence-electron chi connectivity index (χ1n) is 6.64. The van der Waals surface area contributed by atoms with Crippen LogP contribution in [0.2, 0.25) is 0 Å². The lowest BCUT2D eigenvalue weighted by Gasteiger charge is -2.36. The van der Waals surface area contributed by atoms with Crippen LogP contribution in [0.3, 0.4) is 0 Å². The molecular formula is C13H27N3O. The molecule has 1 aliphatic carbocycles. The maximum absolute atomic E-state index is 11.5. The maximum Gasteiger partial charge on any atom is 0.234 e. The molecule has 1 amide bonds. The van der Waals surface area contributed by atoms with Crippen LogP contribution in [0, 0.1) is 0 Å². The quantitative estimate of drug-likeness (QED) is 0.728. The van der Waals surface area contributed by atoms with Crippen LogP contribution in [0.15, 0.2) is 0 Å². The van der Waals surface area contributed by atoms with Crippen LogP contribution in [0.25, 0.3) is 0 Å². The number of hydrogen-bond acceptors (Lipinski definition) is 3. The smallest absolute Gasteiger partial charge is 0.234 e. The average molecular weight is 241 g/mol. The van der Waals surface area contributed by atoms with Crippen LogP contribution < -0.4 is 10.6 Å². The molecule has 0 saturated heterocycles. The predicted octanol–water partition coefficient (Wildman–Crippen LogP) is 0.975. The minimum atomic E-state index is 0.0897. The fourth-order valence-electron chi connectivity index (χ4n) is 2.60. The van der Waals surface area contributed by atoms with E-state index in [0.717, 1.165) is 6.54 Å². The minimum absolute atomic E-state index is 0.0897. The number of carbonyl (C=O) groups is 1. The first kappa shape index (κ1) is 14.5. The van der Waals surface area contributed by atoms with Crippen molar-refractivity contribution in [3.63, 3.8) is 0 Å². The summed E-state index contributed by atoms with van der Waals surface area (Å²) < 4.78 is 0. The van der Waals surface area contributed by atoms with Crippen molar-refractivity contribution in [2.75, 3.05) is 27.2 Å². The van der Waals surface area contributed by atoms with E-state index in [1.165, 1.54) is 25.7 Å². The standard InChI is InChI=1S/C13H27N3O/c1-11(2)15-12(17)9-14-10-13(16(3)4)7-5-6-8-13/h11,14H,5-10H2,1-4H3,(H,15,17). The summed E-state index contributed by atoms with van der Waals surface area (Å²) >= 11 is 0. The molecule has 0 heterocycles. The Morgan fingerprint density at radius 1 is 1.29 bits per heavy atom. The van der Waals surface area contributed by atoms with Crippen LogP contribution in [0.5, 0.6) is 0 Å². The highest BCUT2D eigenvalue weighted by molar-refractivity contribution is 5.78. The van der Waals surface area contributed by atoms with Crippen molar-refractivity contribution < 1.29 is 4.79 Å². The van der Waals surface area contributed by atoms with Crippen LogP contribution in [-0.4, -0.2) is 49.6 Å². The summed E-state index contributed by atoms with van der Waals surface area (Å²) in [7, 11) is 4.28. The largest absolute Gasteiger partial charge is 0.353 e. The number of nitrogens with zero attached hydrogens (tertiary/aromatic N) is 1. The Hall–Kier alpha value is -0.610. The summed E-state index contributed by atoms with van der Waals surface area (Å²) in [6.45, 7) is 5.30. The number of likely N-dealkylation sites (N-methyl/N-ethyl adjacent to an activating group) is 1. The van der Waals surface area contributed by atoms with Gasteiger partial charge in [-0.15, -0.1) is 0 Å². The van der Waals surface area contributed by atoms with Crippen molar-refractivity contribution in [2.45, 2.75) is 51.1 Å². The SMILES string of the molecule is CC(C)NC(=O)CNCC1(N(C)C)CCCC1. The van der Waals surface area contributed by atoms with E-state index in [-0.39, 0.29) is 17.5 Å². The second-order valence-corrected chi connectivity index (χ2v) is 5.65. The summed E-state index contributed by atoms with van der Waals surface area (Å²) in [5.41, 5.74) is 0.262. The zero-order chi connectivity index (χ0) is 12.9. The molecule has 1 saturated carbocycles. The Morgan fingerprint density at radius 3 is 2.35 bits per heavy atom. The third-order valence-electron chi connectivity index (χ3n) is 3.67. The molecule has 0 atom stereocenters. The zero-order valence-electron chi connectivity index (χ0n) is 11.7. The molecule has 0 aromatic heterocycles. The van der Waals surface area contributed by atoms with Gasteiger partial charge in [-0.3, -0.25) is 4.79 Å². The van der Waals surface area contributed by atoms with E-state index in [1.54, 1.807) is 0 Å². The van der Waals surface area contributed by atoms with E-state index in [2.05, 4.69) is 29.6 Å². The monoisotopic (exact) mass is 241 g/mol. The average Bonchev–Trinajstić information content (AvgIpc) is 2.66. The van der Waals surface area contributed by atoms with Crippen LogP contribution in [-0.2, 0) is 4.79 Å². The van der Waals surface area contributed by atoms with E-state index in [9.17, 15) is 4.79 Å². The van der Waals surface area contributed by atoms with E-state index in [1.807, 2.05) is 13.8 Å². The van der Waals surface area contributed by atoms with Crippen LogP contribution in [0.1, 0.15) is 39.5 Å². The number of amides is 1. The van der Waals surface area contributed by atoms with Gasteiger partial charge in [-0.2, -0.15) is 0 Å². The van der Waals surface area contributed by atoms with Gasteiger partial charge in [-0.25, -0.2) is 0 Å². The van der Waals surface area contributed by atoms with E-state index < -0.39 is 0 Å². The Balaban J connectivity index is 2.31. The fraction of sp³-hybridized carbons (Fsp3) is 0.923. The lowest BCUT2D eigenvalue weighted by atomic mass is 9.96. The molecule has 0 spiro atoms. The van der Waals surface area contributed by atoms with E-state index in [0.29, 0.717) is 6.54 Å². The van der Waals surface area contributed by atoms with Crippen molar-refractivity contribution in [3.05, 3.63) is 0 Å². The molecule has 0 aromatic rings. The molecule has 1 rings (SSSR count). The molecule has 0 aromatic carbocycles. The Morgan fingerprint density at radius 2 is 1.88 bits per heavy atom. The molecule has 0 unspecified atom stereocenters. The van der Waals surface area contributed by atoms with Gasteiger partial charge >= 0.3 is 0 Å². The molecule has 0 aliphatic heterocycles. The third-order valence-corrected chi connectivity index (χ3v) is 3.67. The lowest BCUT2D eigenvalue weighted by Crippen LogP contribution is -2.51. The summed E-state index contributed by atoms with van der Waals surface area (Å²) in [5, 5.41) is 6.20. The first-order chi connectivity index (χ1) is 7.96. The van der Waals surface area contributed by atoms with Crippen molar-refractivity contribution in [1.82, 2.24) is 15.5 Å². The molecule has 0 radical (unpaired) electrons. The maximum atomic E-state index is 11.5. The zero-order valence-corrected chi connectivity index (χ0v) is 11.7. The molecular weight excluding hydrogens is 214 g/mol. The van der Waals surface area contributed by atoms with Crippen LogP contribution >= 0.6 is 0 Å². The Labute approximate surface area is 105 Å². The van der Waals surface area contributed by atoms with Gasteiger partial charge in [0.15, 0.2) is 0 Å². The first-order valence-corrected chi connectivity index (χ1v) is 6.64. The van der Waals surface area contributed by atoms with Crippen molar-refractivity contribution in [1.29, 1.82) is 0 Å². The van der Waals surface area contributed by atoms with Crippen molar-refractivity contribution >= 4 is 5.91 Å². The van der Waals surface area contributed by atoms with Gasteiger partial charge in [0.05, 0.1) is 6.54 Å². The molecule has 2 N–H and O–H groups in total. The number of carbonyl (C=O) groups excluding carboxylic acids is 1. The van der Waals surface area contributed by atoms with Gasteiger partial charge < -0.3 is 15.5 Å². The highest BCUT2D eigenvalue weighted by Gasteiger charge is 2.35. The normalized spacial score (nSPS) is 18.9. The molecule has 0 bridgehead atoms. The van der Waals surface area contributed by atoms with Gasteiger partial charge in [0.25, 0.3) is 0 Å². The molecule has 1 aliphatic rings. The van der Waals surface area contributed by atoms with E-state index >= 15 is 0 Å². The molecule has 4 nitrogen and oxygen atoms in total. The Bertz CT molecular complexity index is 245. The summed E-state index contributed by atoms with van der Waals surface area (Å²) in [4.78, 5) is 13.8. The second-order valence-electron chi connectivity index (χ2n) is 5.65. The lowest BCUT2D eigenvalue weighted by molar-refractivity contribution is -0.120. The van der Waals surface area contributed by atoms with Crippen LogP contribution in [0.4, 0.5) is 0 Å². The van der Waals surface area contributed by atoms with Gasteiger partial charge in [0.2, 0.25) is 5.91 Å².